The van der Waals surface area contributed by atoms with Crippen LogP contribution in [0.5, 0.6) is 0 Å². The lowest BCUT2D eigenvalue weighted by Gasteiger charge is -2.19. The number of hydrogen-bond acceptors (Lipinski definition) is 6. The molecule has 1 atom stereocenters. The first-order chi connectivity index (χ1) is 12.4. The van der Waals surface area contributed by atoms with Gasteiger partial charge in [0.25, 0.3) is 0 Å². The first kappa shape index (κ1) is 17.0. The fourth-order valence-electron chi connectivity index (χ4n) is 3.15. The molecule has 6 nitrogen and oxygen atoms in total. The van der Waals surface area contributed by atoms with Crippen LogP contribution in [-0.2, 0) is 6.18 Å². The number of rotatable bonds is 4. The number of aromatic nitrogens is 4. The van der Waals surface area contributed by atoms with Crippen LogP contribution >= 0.6 is 0 Å². The minimum atomic E-state index is -4.47. The number of nitrogens with zero attached hydrogens (tertiary/aromatic N) is 5. The molecule has 138 valence electrons. The fourth-order valence-corrected chi connectivity index (χ4v) is 3.15. The molecule has 1 aliphatic carbocycles. The molecule has 2 aromatic rings. The van der Waals surface area contributed by atoms with Gasteiger partial charge in [0.05, 0.1) is 0 Å². The lowest BCUT2D eigenvalue weighted by atomic mass is 10.2. The Balaban J connectivity index is 1.44. The maximum Gasteiger partial charge on any atom is 0.433 e. The third-order valence-corrected chi connectivity index (χ3v) is 4.62. The number of nitrogens with one attached hydrogen (secondary N) is 1. The summed E-state index contributed by atoms with van der Waals surface area (Å²) in [7, 11) is 0. The molecule has 2 aromatic heterocycles. The molecule has 2 fully saturated rings. The van der Waals surface area contributed by atoms with E-state index in [9.17, 15) is 13.2 Å². The molecular formula is C17H19F3N6. The van der Waals surface area contributed by atoms with Crippen LogP contribution in [0, 0.1) is 6.92 Å². The van der Waals surface area contributed by atoms with E-state index in [0.717, 1.165) is 55.5 Å². The van der Waals surface area contributed by atoms with Gasteiger partial charge in [0.15, 0.2) is 0 Å². The Labute approximate surface area is 148 Å². The second-order valence-corrected chi connectivity index (χ2v) is 6.86. The van der Waals surface area contributed by atoms with Gasteiger partial charge in [-0.15, -0.1) is 0 Å². The van der Waals surface area contributed by atoms with Gasteiger partial charge in [0, 0.05) is 42.9 Å². The minimum absolute atomic E-state index is 0.00521. The van der Waals surface area contributed by atoms with Crippen molar-refractivity contribution in [3.63, 3.8) is 0 Å². The Kier molecular flexibility index (Phi) is 4.16. The molecule has 1 saturated carbocycles. The molecule has 1 aliphatic heterocycles. The van der Waals surface area contributed by atoms with E-state index in [-0.39, 0.29) is 11.9 Å². The first-order valence-electron chi connectivity index (χ1n) is 8.65. The van der Waals surface area contributed by atoms with Crippen LogP contribution in [0.25, 0.3) is 0 Å². The van der Waals surface area contributed by atoms with Gasteiger partial charge in [0.1, 0.15) is 29.5 Å². The van der Waals surface area contributed by atoms with Gasteiger partial charge in [-0.05, 0) is 26.2 Å². The van der Waals surface area contributed by atoms with Crippen molar-refractivity contribution in [3.05, 3.63) is 35.7 Å². The van der Waals surface area contributed by atoms with E-state index < -0.39 is 11.9 Å². The van der Waals surface area contributed by atoms with Crippen LogP contribution < -0.4 is 10.2 Å². The Bertz CT molecular complexity index is 805. The van der Waals surface area contributed by atoms with Crippen molar-refractivity contribution in [2.24, 2.45) is 0 Å². The van der Waals surface area contributed by atoms with Crippen LogP contribution in [0.4, 0.5) is 24.8 Å². The van der Waals surface area contributed by atoms with Gasteiger partial charge >= 0.3 is 6.18 Å². The van der Waals surface area contributed by atoms with Gasteiger partial charge in [-0.2, -0.15) is 13.2 Å². The molecule has 2 aliphatic rings. The highest BCUT2D eigenvalue weighted by Crippen LogP contribution is 2.39. The average molecular weight is 364 g/mol. The molecule has 0 radical (unpaired) electrons. The molecule has 26 heavy (non-hydrogen) atoms. The van der Waals surface area contributed by atoms with Crippen LogP contribution in [0.15, 0.2) is 18.5 Å². The average Bonchev–Trinajstić information content (AvgIpc) is 3.34. The van der Waals surface area contributed by atoms with Crippen molar-refractivity contribution < 1.29 is 13.2 Å². The van der Waals surface area contributed by atoms with E-state index in [1.54, 1.807) is 0 Å². The van der Waals surface area contributed by atoms with Gasteiger partial charge in [-0.25, -0.2) is 19.9 Å². The molecule has 3 heterocycles. The Morgan fingerprint density at radius 3 is 2.65 bits per heavy atom. The molecule has 0 bridgehead atoms. The lowest BCUT2D eigenvalue weighted by molar-refractivity contribution is -0.141. The van der Waals surface area contributed by atoms with E-state index in [0.29, 0.717) is 12.5 Å². The number of alkyl halides is 3. The van der Waals surface area contributed by atoms with Crippen molar-refractivity contribution >= 4 is 11.6 Å². The van der Waals surface area contributed by atoms with Crippen molar-refractivity contribution in [1.29, 1.82) is 0 Å². The normalized spacial score (nSPS) is 20.5. The third-order valence-electron chi connectivity index (χ3n) is 4.62. The third kappa shape index (κ3) is 3.71. The van der Waals surface area contributed by atoms with E-state index >= 15 is 0 Å². The lowest BCUT2D eigenvalue weighted by Crippen LogP contribution is -2.27. The van der Waals surface area contributed by atoms with Crippen LogP contribution in [-0.4, -0.2) is 39.1 Å². The summed E-state index contributed by atoms with van der Waals surface area (Å²) in [5.74, 6) is 2.47. The zero-order valence-corrected chi connectivity index (χ0v) is 14.3. The summed E-state index contributed by atoms with van der Waals surface area (Å²) in [6.45, 7) is 3.41. The zero-order chi connectivity index (χ0) is 18.3. The summed E-state index contributed by atoms with van der Waals surface area (Å²) in [5.41, 5.74) is 0.00396. The van der Waals surface area contributed by atoms with Crippen molar-refractivity contribution in [2.45, 2.75) is 44.3 Å². The predicted molar refractivity (Wildman–Crippen MR) is 90.0 cm³/mol. The number of hydrogen-bond donors (Lipinski definition) is 1. The smallest absolute Gasteiger partial charge is 0.365 e. The highest BCUT2D eigenvalue weighted by molar-refractivity contribution is 5.44. The summed E-state index contributed by atoms with van der Waals surface area (Å²) in [6, 6.07) is 2.91. The summed E-state index contributed by atoms with van der Waals surface area (Å²) in [6.07, 6.45) is -0.454. The number of halogens is 3. The van der Waals surface area contributed by atoms with E-state index in [1.807, 2.05) is 13.0 Å². The summed E-state index contributed by atoms with van der Waals surface area (Å²) in [5, 5.41) is 3.08. The fraction of sp³-hybridized carbons (Fsp3) is 0.529. The topological polar surface area (TPSA) is 66.8 Å². The van der Waals surface area contributed by atoms with Crippen LogP contribution in [0.1, 0.15) is 42.4 Å². The highest BCUT2D eigenvalue weighted by atomic mass is 19.4. The second-order valence-electron chi connectivity index (χ2n) is 6.86. The maximum absolute atomic E-state index is 12.8. The first-order valence-corrected chi connectivity index (χ1v) is 8.65. The molecule has 0 aromatic carbocycles. The van der Waals surface area contributed by atoms with E-state index in [4.69, 9.17) is 0 Å². The Morgan fingerprint density at radius 2 is 1.92 bits per heavy atom. The standard InChI is InChI=1S/C17H19F3N6/c1-10-6-15(25-16(23-10)11-2-3-11)26-5-4-12(8-26)24-14-7-13(17(18,19)20)21-9-22-14/h6-7,9,11-12H,2-5,8H2,1H3,(H,21,22,24). The molecule has 0 amide bonds. The quantitative estimate of drug-likeness (QED) is 0.899. The second kappa shape index (κ2) is 6.37. The number of anilines is 2. The predicted octanol–water partition coefficient (Wildman–Crippen LogP) is 3.16. The molecule has 9 heteroatoms. The Hall–Kier alpha value is -2.45. The monoisotopic (exact) mass is 364 g/mol. The maximum atomic E-state index is 12.8. The molecule has 1 unspecified atom stereocenters. The summed E-state index contributed by atoms with van der Waals surface area (Å²) >= 11 is 0. The molecule has 0 spiro atoms. The zero-order valence-electron chi connectivity index (χ0n) is 14.3. The van der Waals surface area contributed by atoms with Gasteiger partial charge in [0.2, 0.25) is 0 Å². The van der Waals surface area contributed by atoms with Crippen molar-refractivity contribution in [2.75, 3.05) is 23.3 Å². The molecule has 1 N–H and O–H groups in total. The largest absolute Gasteiger partial charge is 0.433 e. The molecular weight excluding hydrogens is 345 g/mol. The summed E-state index contributed by atoms with van der Waals surface area (Å²) in [4.78, 5) is 18.5. The Morgan fingerprint density at radius 1 is 1.12 bits per heavy atom. The summed E-state index contributed by atoms with van der Waals surface area (Å²) < 4.78 is 38.3. The van der Waals surface area contributed by atoms with Crippen molar-refractivity contribution in [1.82, 2.24) is 19.9 Å². The van der Waals surface area contributed by atoms with Gasteiger partial charge < -0.3 is 10.2 Å². The molecule has 4 rings (SSSR count). The van der Waals surface area contributed by atoms with Crippen molar-refractivity contribution in [3.8, 4) is 0 Å². The highest BCUT2D eigenvalue weighted by Gasteiger charge is 2.33. The van der Waals surface area contributed by atoms with E-state index in [2.05, 4.69) is 30.2 Å². The van der Waals surface area contributed by atoms with Gasteiger partial charge in [-0.3, -0.25) is 0 Å². The van der Waals surface area contributed by atoms with Gasteiger partial charge in [-0.1, -0.05) is 0 Å². The molecule has 1 saturated heterocycles. The van der Waals surface area contributed by atoms with E-state index in [1.165, 1.54) is 0 Å². The van der Waals surface area contributed by atoms with Crippen LogP contribution in [0.2, 0.25) is 0 Å². The SMILES string of the molecule is Cc1cc(N2CCC(Nc3cc(C(F)(F)F)ncn3)C2)nc(C2CC2)n1. The number of aryl methyl sites for hydroxylation is 1. The minimum Gasteiger partial charge on any atom is -0.365 e. The van der Waals surface area contributed by atoms with Crippen LogP contribution in [0.3, 0.4) is 0 Å².